The average Bonchev–Trinajstić information content (AvgIpc) is 3.35. The number of aryl methyl sites for hydroxylation is 2. The number of rotatable bonds is 5. The van der Waals surface area contributed by atoms with Crippen LogP contribution >= 0.6 is 11.8 Å². The van der Waals surface area contributed by atoms with Crippen LogP contribution in [0.3, 0.4) is 0 Å². The van der Waals surface area contributed by atoms with Gasteiger partial charge in [-0.05, 0) is 72.2 Å². The zero-order chi connectivity index (χ0) is 32.4. The maximum Gasteiger partial charge on any atom is 0.421 e. The third kappa shape index (κ3) is 5.91. The number of nitrogens with zero attached hydrogens (tertiary/aromatic N) is 2. The Balaban J connectivity index is 1.60. The summed E-state index contributed by atoms with van der Waals surface area (Å²) in [4.78, 5) is 1.12. The number of hydrogen-bond acceptors (Lipinski definition) is 3. The number of allylic oxidation sites excluding steroid dienone is 5. The first kappa shape index (κ1) is 31.1. The van der Waals surface area contributed by atoms with Gasteiger partial charge in [0.2, 0.25) is 0 Å². The van der Waals surface area contributed by atoms with Crippen molar-refractivity contribution in [3.05, 3.63) is 153 Å². The summed E-state index contributed by atoms with van der Waals surface area (Å²) in [7, 11) is 0. The van der Waals surface area contributed by atoms with Crippen LogP contribution in [-0.4, -0.2) is 0 Å². The van der Waals surface area contributed by atoms with Crippen molar-refractivity contribution in [3.63, 3.8) is 0 Å². The van der Waals surface area contributed by atoms with Gasteiger partial charge in [0.15, 0.2) is 11.6 Å². The summed E-state index contributed by atoms with van der Waals surface area (Å²) in [5.74, 6) is -3.12. The van der Waals surface area contributed by atoms with Gasteiger partial charge in [0, 0.05) is 16.3 Å². The van der Waals surface area contributed by atoms with Gasteiger partial charge in [-0.15, -0.1) is 0 Å². The summed E-state index contributed by atoms with van der Waals surface area (Å²) in [6, 6.07) is 23.0. The summed E-state index contributed by atoms with van der Waals surface area (Å²) < 4.78 is 77.9. The molecule has 1 aliphatic carbocycles. The van der Waals surface area contributed by atoms with E-state index < -0.39 is 39.5 Å². The monoisotopic (exact) mass is 638 g/mol. The number of alkyl halides is 3. The summed E-state index contributed by atoms with van der Waals surface area (Å²) in [6.07, 6.45) is 6.84. The highest BCUT2D eigenvalue weighted by molar-refractivity contribution is 7.99. The molecule has 0 saturated heterocycles. The van der Waals surface area contributed by atoms with E-state index in [0.717, 1.165) is 28.5 Å². The Morgan fingerprint density at radius 3 is 2.30 bits per heavy atom. The van der Waals surface area contributed by atoms with E-state index in [9.17, 15) is 18.4 Å². The molecule has 0 N–H and O–H groups in total. The first-order valence-corrected chi connectivity index (χ1v) is 15.5. The standard InChI is InChI=1S/C38H27F5N2S/c1-24-11-5-6-12-25(24)19-22-28-15-8-10-18-32(28)46-37-29(23-44)34(39)33(38(41,42)43)36(35(37)40)45-30-16-4-2-3-13-26(30)20-21-27-14-7-9-17-31(27)45/h2-12,14-19,22H,13,20-21H2,1H3/b22-19-. The molecule has 0 bridgehead atoms. The number of anilines is 2. The maximum atomic E-state index is 17.1. The Labute approximate surface area is 268 Å². The predicted molar refractivity (Wildman–Crippen MR) is 174 cm³/mol. The van der Waals surface area contributed by atoms with Gasteiger partial charge in [-0.3, -0.25) is 0 Å². The highest BCUT2D eigenvalue weighted by atomic mass is 32.2. The lowest BCUT2D eigenvalue weighted by molar-refractivity contribution is -0.139. The molecule has 1 aliphatic heterocycles. The maximum absolute atomic E-state index is 17.1. The molecule has 0 spiro atoms. The van der Waals surface area contributed by atoms with Gasteiger partial charge in [0.1, 0.15) is 17.2 Å². The second kappa shape index (κ2) is 12.9. The Bertz CT molecular complexity index is 2000. The van der Waals surface area contributed by atoms with E-state index >= 15 is 8.78 Å². The van der Waals surface area contributed by atoms with Crippen molar-refractivity contribution >= 4 is 35.3 Å². The number of nitriles is 1. The van der Waals surface area contributed by atoms with E-state index in [4.69, 9.17) is 0 Å². The minimum absolute atomic E-state index is 0.324. The van der Waals surface area contributed by atoms with Crippen LogP contribution in [0.5, 0.6) is 0 Å². The van der Waals surface area contributed by atoms with E-state index in [0.29, 0.717) is 46.7 Å². The molecule has 0 amide bonds. The van der Waals surface area contributed by atoms with Crippen LogP contribution in [-0.2, 0) is 12.6 Å². The topological polar surface area (TPSA) is 27.0 Å². The van der Waals surface area contributed by atoms with Crippen LogP contribution in [0.1, 0.15) is 46.2 Å². The first-order chi connectivity index (χ1) is 22.2. The second-order valence-electron chi connectivity index (χ2n) is 10.9. The van der Waals surface area contributed by atoms with Gasteiger partial charge in [0.25, 0.3) is 0 Å². The third-order valence-electron chi connectivity index (χ3n) is 8.09. The van der Waals surface area contributed by atoms with E-state index in [2.05, 4.69) is 0 Å². The van der Waals surface area contributed by atoms with Crippen molar-refractivity contribution in [2.45, 2.75) is 42.2 Å². The number of fused-ring (bicyclic) bond motifs is 1. The lowest BCUT2D eigenvalue weighted by atomic mass is 10.0. The van der Waals surface area contributed by atoms with Gasteiger partial charge >= 0.3 is 6.18 Å². The molecule has 4 aromatic rings. The lowest BCUT2D eigenvalue weighted by Crippen LogP contribution is -2.25. The molecule has 6 rings (SSSR count). The fourth-order valence-electron chi connectivity index (χ4n) is 5.81. The van der Waals surface area contributed by atoms with Gasteiger partial charge in [-0.25, -0.2) is 8.78 Å². The minimum atomic E-state index is -5.31. The molecule has 0 atom stereocenters. The van der Waals surface area contributed by atoms with Gasteiger partial charge in [-0.2, -0.15) is 18.4 Å². The molecule has 0 saturated carbocycles. The average molecular weight is 639 g/mol. The van der Waals surface area contributed by atoms with Crippen LogP contribution in [0.2, 0.25) is 0 Å². The van der Waals surface area contributed by atoms with Crippen LogP contribution in [0, 0.1) is 29.9 Å². The molecule has 0 radical (unpaired) electrons. The quantitative estimate of drug-likeness (QED) is 0.161. The molecule has 46 heavy (non-hydrogen) atoms. The molecule has 4 aromatic carbocycles. The SMILES string of the molecule is Cc1ccccc1/C=C\c1ccccc1Sc1c(F)c(N2C3=C(CC=CC=C3)CCc3ccccc32)c(C(F)(F)F)c(F)c1C#N. The Morgan fingerprint density at radius 2 is 1.54 bits per heavy atom. The second-order valence-corrected chi connectivity index (χ2v) is 12.0. The molecular formula is C38H27F5N2S. The number of halogens is 5. The number of hydrogen-bond donors (Lipinski definition) is 0. The van der Waals surface area contributed by atoms with Crippen molar-refractivity contribution in [1.29, 1.82) is 5.26 Å². The first-order valence-electron chi connectivity index (χ1n) is 14.6. The summed E-state index contributed by atoms with van der Waals surface area (Å²) in [5.41, 5.74) is 1.00. The molecule has 0 unspecified atom stereocenters. The van der Waals surface area contributed by atoms with E-state index in [1.165, 1.54) is 4.90 Å². The van der Waals surface area contributed by atoms with Crippen molar-refractivity contribution in [3.8, 4) is 6.07 Å². The van der Waals surface area contributed by atoms with E-state index in [1.807, 2.05) is 43.3 Å². The van der Waals surface area contributed by atoms with Crippen molar-refractivity contribution < 1.29 is 22.0 Å². The van der Waals surface area contributed by atoms with Crippen molar-refractivity contribution in [2.24, 2.45) is 0 Å². The van der Waals surface area contributed by atoms with Crippen LogP contribution in [0.15, 0.2) is 118 Å². The van der Waals surface area contributed by atoms with Crippen molar-refractivity contribution in [2.75, 3.05) is 4.90 Å². The summed E-state index contributed by atoms with van der Waals surface area (Å²) in [6.45, 7) is 1.96. The van der Waals surface area contributed by atoms with Gasteiger partial charge in [-0.1, -0.05) is 103 Å². The zero-order valence-electron chi connectivity index (χ0n) is 24.7. The fourth-order valence-corrected chi connectivity index (χ4v) is 6.86. The molecule has 2 aliphatic rings. The molecule has 8 heteroatoms. The largest absolute Gasteiger partial charge is 0.421 e. The Morgan fingerprint density at radius 1 is 0.848 bits per heavy atom. The predicted octanol–water partition coefficient (Wildman–Crippen LogP) is 11.3. The summed E-state index contributed by atoms with van der Waals surface area (Å²) >= 11 is 0.734. The van der Waals surface area contributed by atoms with E-state index in [1.54, 1.807) is 78.9 Å². The highest BCUT2D eigenvalue weighted by Gasteiger charge is 2.44. The normalized spacial score (nSPS) is 14.6. The Kier molecular flexibility index (Phi) is 8.70. The van der Waals surface area contributed by atoms with Crippen molar-refractivity contribution in [1.82, 2.24) is 0 Å². The van der Waals surface area contributed by atoms with Gasteiger partial charge in [0.05, 0.1) is 10.6 Å². The minimum Gasteiger partial charge on any atom is -0.307 e. The summed E-state index contributed by atoms with van der Waals surface area (Å²) in [5, 5.41) is 9.98. The smallest absolute Gasteiger partial charge is 0.307 e. The van der Waals surface area contributed by atoms with Gasteiger partial charge < -0.3 is 4.90 Å². The highest BCUT2D eigenvalue weighted by Crippen LogP contribution is 2.51. The van der Waals surface area contributed by atoms with Crippen LogP contribution < -0.4 is 4.90 Å². The molecule has 0 aromatic heterocycles. The molecular weight excluding hydrogens is 611 g/mol. The lowest BCUT2D eigenvalue weighted by Gasteiger charge is -2.32. The third-order valence-corrected chi connectivity index (χ3v) is 9.27. The van der Waals surface area contributed by atoms with Crippen LogP contribution in [0.4, 0.5) is 33.3 Å². The van der Waals surface area contributed by atoms with E-state index in [-0.39, 0.29) is 0 Å². The van der Waals surface area contributed by atoms with Crippen LogP contribution in [0.25, 0.3) is 12.2 Å². The fraction of sp³-hybridized carbons (Fsp3) is 0.132. The molecule has 0 fully saturated rings. The molecule has 230 valence electrons. The molecule has 2 nitrogen and oxygen atoms in total. The zero-order valence-corrected chi connectivity index (χ0v) is 25.5. The number of benzene rings is 4. The number of para-hydroxylation sites is 1. The molecule has 1 heterocycles. The Hall–Kier alpha value is -4.87.